The molecule has 190 valence electrons. The maximum Gasteiger partial charge on any atom is 0.333 e. The largest absolute Gasteiger partial charge is 0.496 e. The zero-order chi connectivity index (χ0) is 26.4. The lowest BCUT2D eigenvalue weighted by Crippen LogP contribution is -2.52. The van der Waals surface area contributed by atoms with Crippen LogP contribution in [-0.4, -0.2) is 47.6 Å². The van der Waals surface area contributed by atoms with Crippen molar-refractivity contribution >= 4 is 27.5 Å². The quantitative estimate of drug-likeness (QED) is 0.264. The van der Waals surface area contributed by atoms with Gasteiger partial charge in [-0.3, -0.25) is 14.6 Å². The second-order valence-electron chi connectivity index (χ2n) is 8.41. The number of methoxy groups -OCH3 is 1. The summed E-state index contributed by atoms with van der Waals surface area (Å²) in [6, 6.07) is 3.57. The highest BCUT2D eigenvalue weighted by atomic mass is 32.1. The number of fused-ring (bicyclic) bond motifs is 1. The van der Waals surface area contributed by atoms with E-state index in [-0.39, 0.29) is 21.5 Å². The molecular formula is C22H22FN5O7S. The van der Waals surface area contributed by atoms with Gasteiger partial charge in [0.2, 0.25) is 0 Å². The SMILES string of the molecule is COc1ccc(F)cc1[C@H](Cn1c(=O)n(C(C)(C)C(=O)O)c(=O)c2c(C)c(-n3nccn3)sc21)OO. The van der Waals surface area contributed by atoms with Crippen molar-refractivity contribution in [1.82, 2.24) is 24.1 Å². The predicted molar refractivity (Wildman–Crippen MR) is 126 cm³/mol. The van der Waals surface area contributed by atoms with Crippen LogP contribution < -0.4 is 16.0 Å². The maximum absolute atomic E-state index is 14.0. The number of aryl methyl sites for hydroxylation is 1. The minimum atomic E-state index is -1.92. The van der Waals surface area contributed by atoms with Crippen molar-refractivity contribution in [3.8, 4) is 10.8 Å². The molecule has 12 nitrogen and oxygen atoms in total. The Kier molecular flexibility index (Phi) is 6.51. The summed E-state index contributed by atoms with van der Waals surface area (Å²) < 4.78 is 21.0. The van der Waals surface area contributed by atoms with Crippen LogP contribution in [0.15, 0.2) is 40.2 Å². The molecule has 4 aromatic rings. The van der Waals surface area contributed by atoms with Crippen molar-refractivity contribution in [1.29, 1.82) is 0 Å². The summed E-state index contributed by atoms with van der Waals surface area (Å²) in [7, 11) is 1.34. The molecule has 0 aliphatic heterocycles. The van der Waals surface area contributed by atoms with Gasteiger partial charge in [0.05, 0.1) is 31.4 Å². The Bertz CT molecular complexity index is 1570. The fourth-order valence-corrected chi connectivity index (χ4v) is 5.13. The van der Waals surface area contributed by atoms with Crippen LogP contribution in [-0.2, 0) is 21.8 Å². The molecule has 2 N–H and O–H groups in total. The van der Waals surface area contributed by atoms with Crippen LogP contribution in [0.5, 0.6) is 5.75 Å². The Morgan fingerprint density at radius 3 is 2.50 bits per heavy atom. The van der Waals surface area contributed by atoms with E-state index in [0.717, 1.165) is 28.0 Å². The molecule has 3 aromatic heterocycles. The monoisotopic (exact) mass is 519 g/mol. The van der Waals surface area contributed by atoms with Gasteiger partial charge in [-0.2, -0.15) is 10.2 Å². The normalized spacial score (nSPS) is 12.7. The van der Waals surface area contributed by atoms with E-state index in [2.05, 4.69) is 15.1 Å². The van der Waals surface area contributed by atoms with E-state index in [4.69, 9.17) is 4.74 Å². The number of ether oxygens (including phenoxy) is 1. The Hall–Kier alpha value is -3.88. The number of hydrogen-bond acceptors (Lipinski definition) is 9. The molecule has 1 aromatic carbocycles. The second kappa shape index (κ2) is 9.29. The van der Waals surface area contributed by atoms with Crippen molar-refractivity contribution in [2.45, 2.75) is 39.0 Å². The van der Waals surface area contributed by atoms with Gasteiger partial charge >= 0.3 is 11.7 Å². The molecule has 0 amide bonds. The van der Waals surface area contributed by atoms with Crippen LogP contribution >= 0.6 is 11.3 Å². The lowest BCUT2D eigenvalue weighted by molar-refractivity contribution is -0.285. The van der Waals surface area contributed by atoms with Crippen LogP contribution in [0.1, 0.15) is 31.1 Å². The average Bonchev–Trinajstić information content (AvgIpc) is 3.47. The van der Waals surface area contributed by atoms with Crippen LogP contribution in [0.4, 0.5) is 4.39 Å². The minimum absolute atomic E-state index is 0.0733. The number of thiophene rings is 1. The Balaban J connectivity index is 2.05. The van der Waals surface area contributed by atoms with Crippen molar-refractivity contribution in [2.75, 3.05) is 7.11 Å². The van der Waals surface area contributed by atoms with Gasteiger partial charge in [0.15, 0.2) is 0 Å². The van der Waals surface area contributed by atoms with Crippen LogP contribution in [0.2, 0.25) is 0 Å². The van der Waals surface area contributed by atoms with E-state index < -0.39 is 41.2 Å². The summed E-state index contributed by atoms with van der Waals surface area (Å²) in [4.78, 5) is 45.3. The maximum atomic E-state index is 14.0. The van der Waals surface area contributed by atoms with E-state index in [0.29, 0.717) is 15.1 Å². The zero-order valence-electron chi connectivity index (χ0n) is 19.6. The van der Waals surface area contributed by atoms with Gasteiger partial charge in [-0.05, 0) is 39.0 Å². The molecule has 14 heteroatoms. The van der Waals surface area contributed by atoms with Gasteiger partial charge < -0.3 is 9.84 Å². The first kappa shape index (κ1) is 25.2. The lowest BCUT2D eigenvalue weighted by Gasteiger charge is -2.24. The standard InChI is InChI=1S/C22H22FN5O7S/c1-11-16-17(29)27(22(2,3)20(30)31)21(32)26(19(16)36-18(11)28-24-7-8-25-28)10-15(35-33)13-9-12(23)5-6-14(13)34-4/h5-9,15,33H,10H2,1-4H3,(H,30,31)/t15-/m0/s1. The van der Waals surface area contributed by atoms with Crippen molar-refractivity contribution in [3.05, 3.63) is 68.4 Å². The fourth-order valence-electron chi connectivity index (χ4n) is 3.91. The summed E-state index contributed by atoms with van der Waals surface area (Å²) in [5.74, 6) is -1.86. The van der Waals surface area contributed by atoms with Crippen molar-refractivity contribution in [2.24, 2.45) is 0 Å². The predicted octanol–water partition coefficient (Wildman–Crippen LogP) is 2.31. The van der Waals surface area contributed by atoms with Crippen molar-refractivity contribution in [3.63, 3.8) is 0 Å². The van der Waals surface area contributed by atoms with Crippen LogP contribution in [0.25, 0.3) is 15.2 Å². The first-order valence-electron chi connectivity index (χ1n) is 10.6. The van der Waals surface area contributed by atoms with Gasteiger partial charge in [-0.15, -0.1) is 4.80 Å². The van der Waals surface area contributed by atoms with E-state index in [1.54, 1.807) is 6.92 Å². The molecule has 1 atom stereocenters. The third-order valence-corrected chi connectivity index (χ3v) is 7.17. The third-order valence-electron chi connectivity index (χ3n) is 5.88. The highest BCUT2D eigenvalue weighted by Gasteiger charge is 2.36. The fraction of sp³-hybridized carbons (Fsp3) is 0.318. The van der Waals surface area contributed by atoms with E-state index >= 15 is 0 Å². The topological polar surface area (TPSA) is 151 Å². The lowest BCUT2D eigenvalue weighted by atomic mass is 10.1. The molecule has 0 saturated carbocycles. The van der Waals surface area contributed by atoms with Gasteiger partial charge in [-0.25, -0.2) is 23.4 Å². The molecule has 3 heterocycles. The minimum Gasteiger partial charge on any atom is -0.496 e. The number of hydrogen-bond donors (Lipinski definition) is 2. The molecule has 0 aliphatic rings. The molecule has 0 unspecified atom stereocenters. The molecule has 0 spiro atoms. The van der Waals surface area contributed by atoms with E-state index in [1.807, 2.05) is 0 Å². The zero-order valence-corrected chi connectivity index (χ0v) is 20.4. The number of nitrogens with zero attached hydrogens (tertiary/aromatic N) is 5. The Morgan fingerprint density at radius 2 is 1.92 bits per heavy atom. The van der Waals surface area contributed by atoms with Gasteiger partial charge in [-0.1, -0.05) is 11.3 Å². The molecule has 0 saturated heterocycles. The highest BCUT2D eigenvalue weighted by Crippen LogP contribution is 2.34. The number of carbonyl (C=O) groups is 1. The summed E-state index contributed by atoms with van der Waals surface area (Å²) in [5, 5.41) is 28.2. The number of carboxylic acids is 1. The van der Waals surface area contributed by atoms with E-state index in [1.165, 1.54) is 44.2 Å². The first-order valence-corrected chi connectivity index (χ1v) is 11.4. The number of benzene rings is 1. The van der Waals surface area contributed by atoms with Gasteiger partial charge in [0.25, 0.3) is 5.56 Å². The first-order chi connectivity index (χ1) is 17.0. The smallest absolute Gasteiger partial charge is 0.333 e. The van der Waals surface area contributed by atoms with Crippen LogP contribution in [0.3, 0.4) is 0 Å². The molecule has 0 radical (unpaired) electrons. The van der Waals surface area contributed by atoms with Gasteiger partial charge in [0, 0.05) is 11.1 Å². The molecule has 4 rings (SSSR count). The molecule has 0 bridgehead atoms. The highest BCUT2D eigenvalue weighted by molar-refractivity contribution is 7.21. The van der Waals surface area contributed by atoms with Crippen LogP contribution in [0, 0.1) is 12.7 Å². The average molecular weight is 520 g/mol. The summed E-state index contributed by atoms with van der Waals surface area (Å²) in [6.45, 7) is 3.66. The van der Waals surface area contributed by atoms with Gasteiger partial charge in [0.1, 0.15) is 33.0 Å². The number of halogens is 1. The van der Waals surface area contributed by atoms with Crippen molar-refractivity contribution < 1.29 is 29.2 Å². The Labute approximate surface area is 206 Å². The summed E-state index contributed by atoms with van der Waals surface area (Å²) in [5.41, 5.74) is -3.18. The number of rotatable bonds is 8. The number of carboxylic acid groups (broad SMARTS) is 1. The summed E-state index contributed by atoms with van der Waals surface area (Å²) in [6.07, 6.45) is 1.56. The van der Waals surface area contributed by atoms with E-state index in [9.17, 15) is 29.1 Å². The molecule has 0 aliphatic carbocycles. The molecular weight excluding hydrogens is 497 g/mol. The number of aliphatic carboxylic acids is 1. The number of aromatic nitrogens is 5. The Morgan fingerprint density at radius 1 is 1.25 bits per heavy atom. The molecule has 0 fully saturated rings. The second-order valence-corrected chi connectivity index (χ2v) is 9.39. The summed E-state index contributed by atoms with van der Waals surface area (Å²) >= 11 is 1.02. The molecule has 36 heavy (non-hydrogen) atoms. The third kappa shape index (κ3) is 3.98.